The van der Waals surface area contributed by atoms with Gasteiger partial charge >= 0.3 is 4.87 Å². The van der Waals surface area contributed by atoms with Gasteiger partial charge in [0.1, 0.15) is 17.4 Å². The van der Waals surface area contributed by atoms with Gasteiger partial charge in [-0.2, -0.15) is 5.10 Å². The number of nitrogens with one attached hydrogen (secondary N) is 2. The summed E-state index contributed by atoms with van der Waals surface area (Å²) < 4.78 is 6.05. The van der Waals surface area contributed by atoms with Gasteiger partial charge in [0, 0.05) is 40.7 Å². The second-order valence-corrected chi connectivity index (χ2v) is 11.4. The van der Waals surface area contributed by atoms with Crippen molar-refractivity contribution in [2.75, 3.05) is 18.0 Å². The zero-order valence-corrected chi connectivity index (χ0v) is 23.0. The molecule has 5 aromatic rings. The molecule has 2 aromatic carbocycles. The Morgan fingerprint density at radius 3 is 2.67 bits per heavy atom. The molecular formula is C28H26N6O3S2. The van der Waals surface area contributed by atoms with Crippen molar-refractivity contribution in [3.63, 3.8) is 0 Å². The highest BCUT2D eigenvalue weighted by Gasteiger charge is 2.38. The number of pyridine rings is 1. The molecule has 1 aliphatic heterocycles. The molecule has 0 aliphatic carbocycles. The van der Waals surface area contributed by atoms with Crippen LogP contribution in [0.2, 0.25) is 0 Å². The number of carbonyl (C=O) groups is 1. The van der Waals surface area contributed by atoms with Gasteiger partial charge in [0.25, 0.3) is 5.91 Å². The second kappa shape index (κ2) is 10.6. The van der Waals surface area contributed by atoms with E-state index in [1.807, 2.05) is 49.6 Å². The summed E-state index contributed by atoms with van der Waals surface area (Å²) in [4.78, 5) is 36.1. The van der Waals surface area contributed by atoms with Gasteiger partial charge in [-0.05, 0) is 50.2 Å². The van der Waals surface area contributed by atoms with Crippen LogP contribution in [0.15, 0.2) is 64.8 Å². The Kier molecular flexibility index (Phi) is 6.84. The first-order valence-electron chi connectivity index (χ1n) is 12.5. The number of amides is 1. The molecule has 0 spiro atoms. The molecule has 2 unspecified atom stereocenters. The molecule has 1 fully saturated rings. The number of fused-ring (bicyclic) bond motifs is 1. The summed E-state index contributed by atoms with van der Waals surface area (Å²) in [7, 11) is 0. The number of carbonyl (C=O) groups excluding carboxylic acids is 1. The van der Waals surface area contributed by atoms with E-state index in [2.05, 4.69) is 30.4 Å². The van der Waals surface area contributed by atoms with Crippen molar-refractivity contribution in [2.45, 2.75) is 32.4 Å². The number of anilines is 1. The lowest BCUT2D eigenvalue weighted by atomic mass is 10.0. The van der Waals surface area contributed by atoms with Crippen LogP contribution in [-0.4, -0.2) is 45.2 Å². The van der Waals surface area contributed by atoms with Crippen LogP contribution in [0.5, 0.6) is 5.75 Å². The van der Waals surface area contributed by atoms with Gasteiger partial charge in [-0.1, -0.05) is 29.5 Å². The predicted octanol–water partition coefficient (Wildman–Crippen LogP) is 4.43. The third kappa shape index (κ3) is 5.41. The Balaban J connectivity index is 1.14. The van der Waals surface area contributed by atoms with Crippen molar-refractivity contribution in [1.29, 1.82) is 0 Å². The first-order valence-corrected chi connectivity index (χ1v) is 14.2. The van der Waals surface area contributed by atoms with E-state index < -0.39 is 0 Å². The molecule has 198 valence electrons. The fourth-order valence-electron chi connectivity index (χ4n) is 4.87. The van der Waals surface area contributed by atoms with Crippen LogP contribution in [0.4, 0.5) is 5.13 Å². The third-order valence-electron chi connectivity index (χ3n) is 6.73. The van der Waals surface area contributed by atoms with E-state index in [4.69, 9.17) is 4.74 Å². The largest absolute Gasteiger partial charge is 0.489 e. The molecule has 4 heterocycles. The molecule has 1 saturated heterocycles. The Hall–Kier alpha value is -4.09. The molecule has 11 heteroatoms. The number of hydrogen-bond acceptors (Lipinski definition) is 9. The topological polar surface area (TPSA) is 113 Å². The number of aryl methyl sites for hydroxylation is 2. The normalized spacial score (nSPS) is 17.0. The highest BCUT2D eigenvalue weighted by atomic mass is 32.1. The summed E-state index contributed by atoms with van der Waals surface area (Å²) in [5, 5.41) is 14.5. The van der Waals surface area contributed by atoms with Crippen molar-refractivity contribution in [2.24, 2.45) is 0 Å². The van der Waals surface area contributed by atoms with Crippen LogP contribution < -0.4 is 19.8 Å². The summed E-state index contributed by atoms with van der Waals surface area (Å²) in [5.41, 5.74) is 4.44. The molecule has 0 bridgehead atoms. The highest BCUT2D eigenvalue weighted by molar-refractivity contribution is 7.13. The van der Waals surface area contributed by atoms with Gasteiger partial charge < -0.3 is 15.0 Å². The summed E-state index contributed by atoms with van der Waals surface area (Å²) in [6.45, 7) is 5.53. The zero-order valence-electron chi connectivity index (χ0n) is 21.4. The maximum absolute atomic E-state index is 13.2. The molecule has 39 heavy (non-hydrogen) atoms. The van der Waals surface area contributed by atoms with Crippen molar-refractivity contribution in [1.82, 2.24) is 25.5 Å². The standard InChI is InChI=1S/C28H26N6O3S2/c1-16-11-19(21-5-3-4-6-23(21)29-16)14-37-20-9-7-18(8-10-20)25(35)31-24-13-34(27-30-17(2)15-38-27)12-22(24)26-32-33-28(36)39-26/h3-11,15,22,24H,12-14H2,1-2H3,(H,31,35)(H,33,36). The minimum atomic E-state index is -0.222. The van der Waals surface area contributed by atoms with Crippen LogP contribution in [-0.2, 0) is 6.61 Å². The minimum Gasteiger partial charge on any atom is -0.489 e. The number of H-pyrrole nitrogens is 1. The molecule has 3 aromatic heterocycles. The number of aromatic amines is 1. The van der Waals surface area contributed by atoms with Crippen LogP contribution in [0.3, 0.4) is 0 Å². The Bertz CT molecular complexity index is 1690. The lowest BCUT2D eigenvalue weighted by molar-refractivity contribution is 0.0937. The van der Waals surface area contributed by atoms with Gasteiger partial charge in [-0.15, -0.1) is 11.3 Å². The molecule has 9 nitrogen and oxygen atoms in total. The van der Waals surface area contributed by atoms with E-state index in [9.17, 15) is 9.59 Å². The quantitative estimate of drug-likeness (QED) is 0.304. The number of aromatic nitrogens is 4. The summed E-state index contributed by atoms with van der Waals surface area (Å²) >= 11 is 2.65. The van der Waals surface area contributed by atoms with Crippen molar-refractivity contribution >= 4 is 44.6 Å². The smallest absolute Gasteiger partial charge is 0.322 e. The lowest BCUT2D eigenvalue weighted by Gasteiger charge is -2.18. The number of thiazole rings is 1. The van der Waals surface area contributed by atoms with E-state index in [1.165, 1.54) is 0 Å². The SMILES string of the molecule is Cc1csc(N2CC(NC(=O)c3ccc(OCc4cc(C)nc5ccccc45)cc3)C(c3n[nH]c(=O)s3)C2)n1. The van der Waals surface area contributed by atoms with Gasteiger partial charge in [-0.3, -0.25) is 14.6 Å². The third-order valence-corrected chi connectivity index (χ3v) is 8.63. The summed E-state index contributed by atoms with van der Waals surface area (Å²) in [6, 6.07) is 17.0. The predicted molar refractivity (Wildman–Crippen MR) is 153 cm³/mol. The molecule has 6 rings (SSSR count). The fraction of sp³-hybridized carbons (Fsp3) is 0.250. The van der Waals surface area contributed by atoms with Gasteiger partial charge in [0.05, 0.1) is 23.2 Å². The molecule has 0 radical (unpaired) electrons. The van der Waals surface area contributed by atoms with E-state index >= 15 is 0 Å². The Labute approximate surface area is 232 Å². The average molecular weight is 559 g/mol. The van der Waals surface area contributed by atoms with Gasteiger partial charge in [0.15, 0.2) is 5.13 Å². The molecule has 0 saturated carbocycles. The Morgan fingerprint density at radius 1 is 1.10 bits per heavy atom. The monoisotopic (exact) mass is 558 g/mol. The first-order chi connectivity index (χ1) is 18.9. The number of benzene rings is 2. The number of nitrogens with zero attached hydrogens (tertiary/aromatic N) is 4. The average Bonchev–Trinajstić information content (AvgIpc) is 3.67. The molecule has 1 amide bonds. The zero-order chi connectivity index (χ0) is 26.9. The van der Waals surface area contributed by atoms with Gasteiger partial charge in [0.2, 0.25) is 0 Å². The molecule has 2 atom stereocenters. The molecule has 1 aliphatic rings. The molecule has 2 N–H and O–H groups in total. The molecular weight excluding hydrogens is 532 g/mol. The summed E-state index contributed by atoms with van der Waals surface area (Å²) in [6.07, 6.45) is 0. The van der Waals surface area contributed by atoms with Crippen molar-refractivity contribution in [3.05, 3.63) is 97.2 Å². The number of hydrogen-bond donors (Lipinski definition) is 2. The number of ether oxygens (including phenoxy) is 1. The fourth-order valence-corrected chi connectivity index (χ4v) is 6.46. The van der Waals surface area contributed by atoms with E-state index in [-0.39, 0.29) is 22.7 Å². The maximum atomic E-state index is 13.2. The van der Waals surface area contributed by atoms with Crippen molar-refractivity contribution in [3.8, 4) is 5.75 Å². The number of para-hydroxylation sites is 1. The van der Waals surface area contributed by atoms with Gasteiger partial charge in [-0.25, -0.2) is 10.1 Å². The first kappa shape index (κ1) is 25.2. The van der Waals surface area contributed by atoms with Crippen LogP contribution in [0.25, 0.3) is 10.9 Å². The Morgan fingerprint density at radius 2 is 1.92 bits per heavy atom. The second-order valence-electron chi connectivity index (χ2n) is 9.57. The van der Waals surface area contributed by atoms with E-state index in [1.54, 1.807) is 35.6 Å². The van der Waals surface area contributed by atoms with Crippen molar-refractivity contribution < 1.29 is 9.53 Å². The highest BCUT2D eigenvalue weighted by Crippen LogP contribution is 2.33. The van der Waals surface area contributed by atoms with Crippen LogP contribution in [0, 0.1) is 13.8 Å². The van der Waals surface area contributed by atoms with E-state index in [0.717, 1.165) is 44.3 Å². The number of rotatable bonds is 7. The maximum Gasteiger partial charge on any atom is 0.322 e. The van der Waals surface area contributed by atoms with E-state index in [0.29, 0.717) is 36.0 Å². The lowest BCUT2D eigenvalue weighted by Crippen LogP contribution is -2.39. The van der Waals surface area contributed by atoms with Crippen LogP contribution >= 0.6 is 22.7 Å². The summed E-state index contributed by atoms with van der Waals surface area (Å²) in [5.74, 6) is 0.367. The minimum absolute atomic E-state index is 0.122. The van der Waals surface area contributed by atoms with Crippen LogP contribution in [0.1, 0.15) is 38.2 Å².